The number of hydrogen-bond acceptors (Lipinski definition) is 3. The molecule has 0 aromatic heterocycles. The second-order valence-corrected chi connectivity index (χ2v) is 4.08. The third-order valence-electron chi connectivity index (χ3n) is 2.42. The summed E-state index contributed by atoms with van der Waals surface area (Å²) in [5, 5.41) is 11.9. The van der Waals surface area contributed by atoms with Crippen LogP contribution in [0.1, 0.15) is 13.8 Å². The van der Waals surface area contributed by atoms with Gasteiger partial charge in [0, 0.05) is 6.54 Å². The number of hydrogen-bond donors (Lipinski definition) is 3. The summed E-state index contributed by atoms with van der Waals surface area (Å²) < 4.78 is 0. The van der Waals surface area contributed by atoms with Crippen molar-refractivity contribution in [2.75, 3.05) is 13.1 Å². The average Bonchev–Trinajstić information content (AvgIpc) is 2.10. The molecule has 86 valence electrons. The molecule has 1 aliphatic heterocycles. The third-order valence-corrected chi connectivity index (χ3v) is 2.42. The molecule has 1 heterocycles. The molecule has 0 bridgehead atoms. The van der Waals surface area contributed by atoms with Gasteiger partial charge in [-0.25, -0.2) is 4.79 Å². The number of β-amino-alcohol motifs (C(OH)–C–C–N with tert-alkyl or cyclic N) is 1. The van der Waals surface area contributed by atoms with E-state index in [0.717, 1.165) is 0 Å². The molecular formula is C9H17N3O3. The summed E-state index contributed by atoms with van der Waals surface area (Å²) in [4.78, 5) is 24.0. The molecule has 0 spiro atoms. The van der Waals surface area contributed by atoms with Crippen LogP contribution >= 0.6 is 0 Å². The van der Waals surface area contributed by atoms with Gasteiger partial charge in [0.2, 0.25) is 5.91 Å². The first-order valence-corrected chi connectivity index (χ1v) is 4.95. The molecule has 4 N–H and O–H groups in total. The normalized spacial score (nSPS) is 23.9. The average molecular weight is 215 g/mol. The van der Waals surface area contributed by atoms with Crippen LogP contribution in [0.3, 0.4) is 0 Å². The highest BCUT2D eigenvalue weighted by atomic mass is 16.3. The first-order chi connectivity index (χ1) is 6.93. The van der Waals surface area contributed by atoms with Gasteiger partial charge in [-0.3, -0.25) is 4.79 Å². The van der Waals surface area contributed by atoms with Gasteiger partial charge in [-0.1, -0.05) is 13.8 Å². The molecule has 6 nitrogen and oxygen atoms in total. The number of carbonyl (C=O) groups excluding carboxylic acids is 2. The van der Waals surface area contributed by atoms with Crippen molar-refractivity contribution in [3.63, 3.8) is 0 Å². The lowest BCUT2D eigenvalue weighted by Gasteiger charge is -2.37. The zero-order chi connectivity index (χ0) is 11.6. The number of rotatable bonds is 3. The van der Waals surface area contributed by atoms with Crippen LogP contribution in [0.15, 0.2) is 0 Å². The van der Waals surface area contributed by atoms with E-state index in [4.69, 9.17) is 5.73 Å². The highest BCUT2D eigenvalue weighted by Gasteiger charge is 2.34. The Morgan fingerprint density at radius 2 is 2.27 bits per heavy atom. The van der Waals surface area contributed by atoms with E-state index in [-0.39, 0.29) is 25.0 Å². The summed E-state index contributed by atoms with van der Waals surface area (Å²) >= 11 is 0. The molecular weight excluding hydrogens is 198 g/mol. The van der Waals surface area contributed by atoms with E-state index < -0.39 is 18.1 Å². The number of nitrogens with one attached hydrogen (secondary N) is 1. The fourth-order valence-corrected chi connectivity index (χ4v) is 1.76. The highest BCUT2D eigenvalue weighted by molar-refractivity contribution is 5.86. The number of urea groups is 1. The first kappa shape index (κ1) is 11.8. The van der Waals surface area contributed by atoms with Crippen LogP contribution in [0.4, 0.5) is 4.79 Å². The van der Waals surface area contributed by atoms with E-state index in [2.05, 4.69) is 5.32 Å². The van der Waals surface area contributed by atoms with E-state index in [1.807, 2.05) is 13.8 Å². The Morgan fingerprint density at radius 3 is 2.73 bits per heavy atom. The summed E-state index contributed by atoms with van der Waals surface area (Å²) in [6, 6.07) is -1.02. The maximum atomic E-state index is 11.5. The Balaban J connectivity index is 2.81. The van der Waals surface area contributed by atoms with Gasteiger partial charge in [0.05, 0.1) is 12.6 Å². The Labute approximate surface area is 88.4 Å². The van der Waals surface area contributed by atoms with Gasteiger partial charge >= 0.3 is 6.03 Å². The minimum absolute atomic E-state index is 0.0708. The van der Waals surface area contributed by atoms with Crippen LogP contribution in [0.2, 0.25) is 0 Å². The standard InChI is InChI=1S/C9H17N3O3/c1-5(2)7(8(10)14)12-4-6(13)3-11-9(12)15/h5-7,13H,3-4H2,1-2H3,(H2,10,14)(H,11,15). The van der Waals surface area contributed by atoms with E-state index in [1.54, 1.807) is 0 Å². The van der Waals surface area contributed by atoms with Crippen molar-refractivity contribution in [2.24, 2.45) is 11.7 Å². The van der Waals surface area contributed by atoms with E-state index in [1.165, 1.54) is 4.90 Å². The predicted octanol–water partition coefficient (Wildman–Crippen LogP) is -1.12. The Morgan fingerprint density at radius 1 is 1.67 bits per heavy atom. The number of amides is 3. The summed E-state index contributed by atoms with van der Waals surface area (Å²) in [6.07, 6.45) is -0.650. The van der Waals surface area contributed by atoms with Crippen LogP contribution in [0.5, 0.6) is 0 Å². The lowest BCUT2D eigenvalue weighted by molar-refractivity contribution is -0.124. The quantitative estimate of drug-likeness (QED) is 0.556. The number of nitrogens with two attached hydrogens (primary N) is 1. The molecule has 2 unspecified atom stereocenters. The second kappa shape index (κ2) is 4.48. The lowest BCUT2D eigenvalue weighted by atomic mass is 10.0. The zero-order valence-electron chi connectivity index (χ0n) is 8.93. The van der Waals surface area contributed by atoms with Gasteiger partial charge in [-0.05, 0) is 5.92 Å². The van der Waals surface area contributed by atoms with Gasteiger partial charge in [0.1, 0.15) is 6.04 Å². The fourth-order valence-electron chi connectivity index (χ4n) is 1.76. The van der Waals surface area contributed by atoms with Crippen LogP contribution in [-0.4, -0.2) is 47.2 Å². The number of carbonyl (C=O) groups is 2. The van der Waals surface area contributed by atoms with E-state index in [0.29, 0.717) is 0 Å². The van der Waals surface area contributed by atoms with Gasteiger partial charge < -0.3 is 21.1 Å². The molecule has 0 aromatic carbocycles. The Bertz CT molecular complexity index is 267. The predicted molar refractivity (Wildman–Crippen MR) is 53.9 cm³/mol. The number of nitrogens with zero attached hydrogens (tertiary/aromatic N) is 1. The van der Waals surface area contributed by atoms with Crippen molar-refractivity contribution in [1.82, 2.24) is 10.2 Å². The SMILES string of the molecule is CC(C)C(C(N)=O)N1CC(O)CNC1=O. The van der Waals surface area contributed by atoms with Crippen molar-refractivity contribution in [1.29, 1.82) is 0 Å². The van der Waals surface area contributed by atoms with Crippen LogP contribution < -0.4 is 11.1 Å². The topological polar surface area (TPSA) is 95.7 Å². The Hall–Kier alpha value is -1.30. The molecule has 1 rings (SSSR count). The summed E-state index contributed by atoms with van der Waals surface area (Å²) in [5.41, 5.74) is 5.23. The maximum Gasteiger partial charge on any atom is 0.318 e. The molecule has 0 saturated carbocycles. The van der Waals surface area contributed by atoms with Gasteiger partial charge in [0.25, 0.3) is 0 Å². The smallest absolute Gasteiger partial charge is 0.318 e. The maximum absolute atomic E-state index is 11.5. The van der Waals surface area contributed by atoms with Crippen molar-refractivity contribution in [3.05, 3.63) is 0 Å². The summed E-state index contributed by atoms with van der Waals surface area (Å²) in [5.74, 6) is -0.618. The van der Waals surface area contributed by atoms with Crippen LogP contribution in [0, 0.1) is 5.92 Å². The molecule has 0 aromatic rings. The van der Waals surface area contributed by atoms with E-state index in [9.17, 15) is 14.7 Å². The fraction of sp³-hybridized carbons (Fsp3) is 0.778. The highest BCUT2D eigenvalue weighted by Crippen LogP contribution is 2.13. The van der Waals surface area contributed by atoms with Crippen molar-refractivity contribution >= 4 is 11.9 Å². The minimum Gasteiger partial charge on any atom is -0.389 e. The second-order valence-electron chi connectivity index (χ2n) is 4.08. The van der Waals surface area contributed by atoms with Gasteiger partial charge in [-0.2, -0.15) is 0 Å². The monoisotopic (exact) mass is 215 g/mol. The van der Waals surface area contributed by atoms with E-state index >= 15 is 0 Å². The first-order valence-electron chi connectivity index (χ1n) is 4.95. The third kappa shape index (κ3) is 2.59. The zero-order valence-corrected chi connectivity index (χ0v) is 8.93. The molecule has 6 heteroatoms. The van der Waals surface area contributed by atoms with Gasteiger partial charge in [-0.15, -0.1) is 0 Å². The van der Waals surface area contributed by atoms with Gasteiger partial charge in [0.15, 0.2) is 0 Å². The minimum atomic E-state index is -0.667. The number of aliphatic hydroxyl groups is 1. The molecule has 3 amide bonds. The van der Waals surface area contributed by atoms with Crippen molar-refractivity contribution in [2.45, 2.75) is 26.0 Å². The molecule has 2 atom stereocenters. The molecule has 1 fully saturated rings. The lowest BCUT2D eigenvalue weighted by Crippen LogP contribution is -2.61. The largest absolute Gasteiger partial charge is 0.389 e. The molecule has 1 aliphatic rings. The van der Waals surface area contributed by atoms with Crippen LogP contribution in [-0.2, 0) is 4.79 Å². The number of primary amides is 1. The van der Waals surface area contributed by atoms with Crippen LogP contribution in [0.25, 0.3) is 0 Å². The Kier molecular flexibility index (Phi) is 3.52. The molecule has 1 saturated heterocycles. The number of aliphatic hydroxyl groups excluding tert-OH is 1. The summed E-state index contributed by atoms with van der Waals surface area (Å²) in [7, 11) is 0. The van der Waals surface area contributed by atoms with Crippen molar-refractivity contribution in [3.8, 4) is 0 Å². The molecule has 0 aliphatic carbocycles. The molecule has 15 heavy (non-hydrogen) atoms. The summed E-state index contributed by atoms with van der Waals surface area (Å²) in [6.45, 7) is 3.99. The van der Waals surface area contributed by atoms with Crippen molar-refractivity contribution < 1.29 is 14.7 Å². The molecule has 0 radical (unpaired) electrons.